The number of carboxylic acid groups (broad SMARTS) is 1. The third-order valence-electron chi connectivity index (χ3n) is 2.91. The van der Waals surface area contributed by atoms with Crippen LogP contribution in [0.5, 0.6) is 0 Å². The van der Waals surface area contributed by atoms with Crippen molar-refractivity contribution in [2.45, 2.75) is 12.1 Å². The van der Waals surface area contributed by atoms with Gasteiger partial charge in [-0.15, -0.1) is 11.3 Å². The number of hydrogen-bond acceptors (Lipinski definition) is 5. The van der Waals surface area contributed by atoms with Gasteiger partial charge in [-0.25, -0.2) is 4.79 Å². The second-order valence-corrected chi connectivity index (χ2v) is 4.75. The Morgan fingerprint density at radius 3 is 3.00 bits per heavy atom. The summed E-state index contributed by atoms with van der Waals surface area (Å²) in [4.78, 5) is 34.9. The largest absolute Gasteiger partial charge is 0.478 e. The van der Waals surface area contributed by atoms with Crippen molar-refractivity contribution in [1.82, 2.24) is 5.32 Å². The summed E-state index contributed by atoms with van der Waals surface area (Å²) in [7, 11) is 0. The van der Waals surface area contributed by atoms with Crippen LogP contribution in [0.1, 0.15) is 32.9 Å². The second-order valence-electron chi connectivity index (χ2n) is 3.84. The summed E-state index contributed by atoms with van der Waals surface area (Å²) < 4.78 is 5.33. The van der Waals surface area contributed by atoms with Crippen LogP contribution in [0.3, 0.4) is 0 Å². The van der Waals surface area contributed by atoms with Crippen LogP contribution in [0.4, 0.5) is 0 Å². The zero-order chi connectivity index (χ0) is 12.2. The topological polar surface area (TPSA) is 92.7 Å². The fourth-order valence-corrected chi connectivity index (χ4v) is 3.23. The number of hydrogen-bond donors (Lipinski definition) is 2. The number of thiophene rings is 1. The van der Waals surface area contributed by atoms with E-state index in [0.717, 1.165) is 0 Å². The van der Waals surface area contributed by atoms with Crippen LogP contribution in [0, 0.1) is 0 Å². The summed E-state index contributed by atoms with van der Waals surface area (Å²) in [6, 6.07) is 0. The molecule has 0 aliphatic carbocycles. The van der Waals surface area contributed by atoms with E-state index in [1.165, 1.54) is 16.7 Å². The average Bonchev–Trinajstić information content (AvgIpc) is 2.65. The van der Waals surface area contributed by atoms with E-state index in [4.69, 9.17) is 9.84 Å². The van der Waals surface area contributed by atoms with Gasteiger partial charge in [0.1, 0.15) is 0 Å². The van der Waals surface area contributed by atoms with Gasteiger partial charge in [0.15, 0.2) is 6.23 Å². The minimum Gasteiger partial charge on any atom is -0.478 e. The van der Waals surface area contributed by atoms with Gasteiger partial charge in [0.25, 0.3) is 5.91 Å². The number of rotatable bonds is 1. The van der Waals surface area contributed by atoms with Crippen molar-refractivity contribution in [3.63, 3.8) is 0 Å². The molecule has 1 saturated heterocycles. The molecule has 3 aliphatic rings. The van der Waals surface area contributed by atoms with Gasteiger partial charge < -0.3 is 15.2 Å². The molecule has 2 unspecified atom stereocenters. The summed E-state index contributed by atoms with van der Waals surface area (Å²) in [5, 5.41) is 13.0. The number of amides is 1. The lowest BCUT2D eigenvalue weighted by Crippen LogP contribution is -2.30. The highest BCUT2D eigenvalue weighted by Crippen LogP contribution is 2.41. The van der Waals surface area contributed by atoms with Crippen LogP contribution in [0.25, 0.3) is 0 Å². The molecule has 1 aromatic rings. The maximum absolute atomic E-state index is 11.8. The first kappa shape index (κ1) is 10.4. The summed E-state index contributed by atoms with van der Waals surface area (Å²) in [6.07, 6.45) is -0.696. The van der Waals surface area contributed by atoms with Gasteiger partial charge in [-0.2, -0.15) is 0 Å². The fraction of sp³-hybridized carbons (Fsp3) is 0.300. The first-order chi connectivity index (χ1) is 8.09. The number of carbonyl (C=O) groups is 3. The molecule has 0 aromatic carbocycles. The second kappa shape index (κ2) is 3.38. The van der Waals surface area contributed by atoms with Gasteiger partial charge in [-0.3, -0.25) is 9.59 Å². The number of ether oxygens (including phenoxy) is 1. The Bertz CT molecular complexity index is 549. The Morgan fingerprint density at radius 2 is 2.29 bits per heavy atom. The van der Waals surface area contributed by atoms with Crippen LogP contribution in [-0.4, -0.2) is 29.4 Å². The van der Waals surface area contributed by atoms with Crippen molar-refractivity contribution in [2.24, 2.45) is 0 Å². The summed E-state index contributed by atoms with van der Waals surface area (Å²) in [6.45, 7) is 0.0479. The molecule has 0 radical (unpaired) electrons. The van der Waals surface area contributed by atoms with Gasteiger partial charge in [0.2, 0.25) is 5.78 Å². The molecule has 7 heteroatoms. The van der Waals surface area contributed by atoms with E-state index in [1.807, 2.05) is 0 Å². The molecule has 6 nitrogen and oxygen atoms in total. The van der Waals surface area contributed by atoms with E-state index in [1.54, 1.807) is 0 Å². The van der Waals surface area contributed by atoms with Crippen molar-refractivity contribution < 1.29 is 24.2 Å². The SMILES string of the molecule is O=C1NC2OCC(C1=O)c1c(C(=O)O)csc12. The third kappa shape index (κ3) is 1.32. The zero-order valence-corrected chi connectivity index (χ0v) is 9.24. The Balaban J connectivity index is 2.23. The molecule has 1 fully saturated rings. The monoisotopic (exact) mass is 253 g/mol. The van der Waals surface area contributed by atoms with Gasteiger partial charge in [0.05, 0.1) is 23.0 Å². The van der Waals surface area contributed by atoms with Crippen molar-refractivity contribution in [3.05, 3.63) is 21.4 Å². The molecule has 0 saturated carbocycles. The molecule has 88 valence electrons. The highest BCUT2D eigenvalue weighted by atomic mass is 32.1. The fourth-order valence-electron chi connectivity index (χ4n) is 2.12. The highest BCUT2D eigenvalue weighted by molar-refractivity contribution is 7.10. The van der Waals surface area contributed by atoms with Crippen LogP contribution >= 0.6 is 11.3 Å². The maximum atomic E-state index is 11.8. The van der Waals surface area contributed by atoms with E-state index in [2.05, 4.69) is 5.32 Å². The molecule has 2 atom stereocenters. The van der Waals surface area contributed by atoms with Crippen LogP contribution in [0.15, 0.2) is 5.38 Å². The lowest BCUT2D eigenvalue weighted by Gasteiger charge is -2.23. The number of Topliss-reactive ketones (excluding diaryl/α,β-unsaturated/α-hetero) is 1. The molecule has 0 spiro atoms. The average molecular weight is 253 g/mol. The van der Waals surface area contributed by atoms with Gasteiger partial charge in [-0.05, 0) is 5.56 Å². The summed E-state index contributed by atoms with van der Waals surface area (Å²) in [5.41, 5.74) is 0.523. The minimum absolute atomic E-state index is 0.0479. The van der Waals surface area contributed by atoms with Crippen molar-refractivity contribution >= 4 is 29.0 Å². The number of aromatic carboxylic acids is 1. The standard InChI is InChI=1S/C10H7NO5S/c12-6-3-1-16-9(11-8(6)13)7-5(3)4(2-17-7)10(14)15/h2-3,9H,1H2,(H,11,13)(H,14,15). The molecular weight excluding hydrogens is 246 g/mol. The van der Waals surface area contributed by atoms with Gasteiger partial charge >= 0.3 is 5.97 Å². The van der Waals surface area contributed by atoms with E-state index in [0.29, 0.717) is 10.4 Å². The van der Waals surface area contributed by atoms with E-state index >= 15 is 0 Å². The highest BCUT2D eigenvalue weighted by Gasteiger charge is 2.44. The molecule has 4 rings (SSSR count). The molecule has 2 bridgehead atoms. The molecule has 1 amide bonds. The Morgan fingerprint density at radius 1 is 1.53 bits per heavy atom. The van der Waals surface area contributed by atoms with Gasteiger partial charge in [0, 0.05) is 5.38 Å². The molecule has 17 heavy (non-hydrogen) atoms. The normalized spacial score (nSPS) is 26.4. The predicted octanol–water partition coefficient (Wildman–Crippen LogP) is 0.258. The van der Waals surface area contributed by atoms with Crippen molar-refractivity contribution in [3.8, 4) is 0 Å². The zero-order valence-electron chi connectivity index (χ0n) is 8.43. The van der Waals surface area contributed by atoms with E-state index in [-0.39, 0.29) is 12.2 Å². The molecule has 3 aliphatic heterocycles. The van der Waals surface area contributed by atoms with E-state index in [9.17, 15) is 14.4 Å². The summed E-state index contributed by atoms with van der Waals surface area (Å²) >= 11 is 1.19. The quantitative estimate of drug-likeness (QED) is 0.700. The van der Waals surface area contributed by atoms with Crippen molar-refractivity contribution in [1.29, 1.82) is 0 Å². The molecule has 2 N–H and O–H groups in total. The third-order valence-corrected chi connectivity index (χ3v) is 3.95. The smallest absolute Gasteiger partial charge is 0.336 e. The maximum Gasteiger partial charge on any atom is 0.336 e. The Hall–Kier alpha value is -1.73. The Labute approximate surface area is 99.2 Å². The summed E-state index contributed by atoms with van der Waals surface area (Å²) in [5.74, 6) is -3.22. The first-order valence-corrected chi connectivity index (χ1v) is 5.78. The minimum atomic E-state index is -1.09. The molecule has 1 aromatic heterocycles. The van der Waals surface area contributed by atoms with Crippen LogP contribution in [-0.2, 0) is 14.3 Å². The molecule has 4 heterocycles. The van der Waals surface area contributed by atoms with Crippen LogP contribution in [0.2, 0.25) is 0 Å². The predicted molar refractivity (Wildman–Crippen MR) is 55.9 cm³/mol. The first-order valence-electron chi connectivity index (χ1n) is 4.90. The van der Waals surface area contributed by atoms with Gasteiger partial charge in [-0.1, -0.05) is 0 Å². The lowest BCUT2D eigenvalue weighted by atomic mass is 9.91. The number of fused-ring (bicyclic) bond motifs is 3. The lowest BCUT2D eigenvalue weighted by molar-refractivity contribution is -0.138. The molecular formula is C10H7NO5S. The number of nitrogens with one attached hydrogen (secondary N) is 1. The van der Waals surface area contributed by atoms with Crippen LogP contribution < -0.4 is 5.32 Å². The number of carboxylic acids is 1. The Kier molecular flexibility index (Phi) is 2.07. The number of ketones is 1. The van der Waals surface area contributed by atoms with E-state index < -0.39 is 29.8 Å². The number of carbonyl (C=O) groups excluding carboxylic acids is 2. The van der Waals surface area contributed by atoms with Crippen molar-refractivity contribution in [2.75, 3.05) is 6.61 Å².